The summed E-state index contributed by atoms with van der Waals surface area (Å²) in [5.74, 6) is 0. The number of rotatable bonds is 4. The van der Waals surface area contributed by atoms with Gasteiger partial charge in [0.2, 0.25) is 10.0 Å². The molecule has 0 fully saturated rings. The van der Waals surface area contributed by atoms with Gasteiger partial charge in [-0.3, -0.25) is 0 Å². The third-order valence-electron chi connectivity index (χ3n) is 3.18. The van der Waals surface area contributed by atoms with Crippen molar-refractivity contribution in [3.8, 4) is 0 Å². The van der Waals surface area contributed by atoms with Gasteiger partial charge in [0.25, 0.3) is 0 Å². The predicted molar refractivity (Wildman–Crippen MR) is 81.0 cm³/mol. The first kappa shape index (κ1) is 14.8. The molecule has 3 nitrogen and oxygen atoms in total. The molecule has 0 heterocycles. The Morgan fingerprint density at radius 1 is 0.950 bits per heavy atom. The van der Waals surface area contributed by atoms with Gasteiger partial charge in [-0.05, 0) is 38.5 Å². The van der Waals surface area contributed by atoms with Crippen molar-refractivity contribution in [3.63, 3.8) is 0 Å². The maximum atomic E-state index is 12.4. The van der Waals surface area contributed by atoms with Crippen LogP contribution in [-0.4, -0.2) is 8.42 Å². The fraction of sp³-hybridized carbons (Fsp3) is 0.250. The van der Waals surface area contributed by atoms with Crippen LogP contribution in [0.3, 0.4) is 0 Å². The van der Waals surface area contributed by atoms with Crippen LogP contribution in [0, 0.1) is 6.92 Å². The summed E-state index contributed by atoms with van der Waals surface area (Å²) in [7, 11) is -3.53. The lowest BCUT2D eigenvalue weighted by Gasteiger charge is -2.27. The van der Waals surface area contributed by atoms with Crippen molar-refractivity contribution < 1.29 is 8.42 Å². The minimum absolute atomic E-state index is 0.278. The van der Waals surface area contributed by atoms with Gasteiger partial charge in [-0.15, -0.1) is 0 Å². The lowest BCUT2D eigenvalue weighted by Crippen LogP contribution is -2.40. The molecule has 106 valence electrons. The van der Waals surface area contributed by atoms with Crippen LogP contribution in [0.2, 0.25) is 0 Å². The van der Waals surface area contributed by atoms with Crippen LogP contribution in [0.5, 0.6) is 0 Å². The highest BCUT2D eigenvalue weighted by molar-refractivity contribution is 7.89. The molecule has 2 aromatic rings. The molecule has 0 radical (unpaired) electrons. The van der Waals surface area contributed by atoms with Crippen molar-refractivity contribution in [2.24, 2.45) is 0 Å². The van der Waals surface area contributed by atoms with Gasteiger partial charge in [0.05, 0.1) is 10.4 Å². The average molecular weight is 289 g/mol. The summed E-state index contributed by atoms with van der Waals surface area (Å²) in [5.41, 5.74) is 1.38. The molecule has 0 unspecified atom stereocenters. The molecule has 0 aliphatic heterocycles. The molecule has 0 aromatic heterocycles. The zero-order valence-corrected chi connectivity index (χ0v) is 12.7. The zero-order valence-electron chi connectivity index (χ0n) is 11.9. The first-order valence-electron chi connectivity index (χ1n) is 6.47. The molecule has 0 saturated heterocycles. The topological polar surface area (TPSA) is 46.2 Å². The van der Waals surface area contributed by atoms with Crippen LogP contribution >= 0.6 is 0 Å². The van der Waals surface area contributed by atoms with E-state index in [-0.39, 0.29) is 4.90 Å². The van der Waals surface area contributed by atoms with Crippen LogP contribution < -0.4 is 4.72 Å². The third kappa shape index (κ3) is 3.26. The Morgan fingerprint density at radius 3 is 2.20 bits per heavy atom. The van der Waals surface area contributed by atoms with Crippen LogP contribution in [0.4, 0.5) is 0 Å². The van der Waals surface area contributed by atoms with Crippen LogP contribution in [0.15, 0.2) is 59.5 Å². The zero-order chi connectivity index (χ0) is 14.8. The van der Waals surface area contributed by atoms with E-state index in [2.05, 4.69) is 4.72 Å². The van der Waals surface area contributed by atoms with Gasteiger partial charge in [-0.2, -0.15) is 0 Å². The van der Waals surface area contributed by atoms with Gasteiger partial charge in [-0.1, -0.05) is 48.0 Å². The molecule has 0 spiro atoms. The van der Waals surface area contributed by atoms with Crippen molar-refractivity contribution in [2.45, 2.75) is 31.2 Å². The number of nitrogens with one attached hydrogen (secondary N) is 1. The van der Waals surface area contributed by atoms with E-state index >= 15 is 0 Å². The molecule has 2 rings (SSSR count). The molecular weight excluding hydrogens is 270 g/mol. The summed E-state index contributed by atoms with van der Waals surface area (Å²) in [6.45, 7) is 5.72. The third-order valence-corrected chi connectivity index (χ3v) is 4.85. The first-order chi connectivity index (χ1) is 9.31. The van der Waals surface area contributed by atoms with Crippen LogP contribution in [0.25, 0.3) is 0 Å². The fourth-order valence-electron chi connectivity index (χ4n) is 2.09. The van der Waals surface area contributed by atoms with Crippen LogP contribution in [0.1, 0.15) is 25.0 Å². The smallest absolute Gasteiger partial charge is 0.207 e. The molecule has 0 saturated carbocycles. The molecule has 0 aliphatic carbocycles. The van der Waals surface area contributed by atoms with E-state index in [1.54, 1.807) is 30.3 Å². The standard InChI is InChI=1S/C16H19NO2S/c1-13-8-7-9-14(12-13)16(2,3)17-20(18,19)15-10-5-4-6-11-15/h4-12,17H,1-3H3. The average Bonchev–Trinajstić information content (AvgIpc) is 2.39. The minimum atomic E-state index is -3.53. The Labute approximate surface area is 120 Å². The van der Waals surface area contributed by atoms with E-state index < -0.39 is 15.6 Å². The summed E-state index contributed by atoms with van der Waals surface area (Å²) in [4.78, 5) is 0.278. The van der Waals surface area contributed by atoms with E-state index in [9.17, 15) is 8.42 Å². The van der Waals surface area contributed by atoms with Crippen molar-refractivity contribution in [1.82, 2.24) is 4.72 Å². The van der Waals surface area contributed by atoms with E-state index in [0.29, 0.717) is 0 Å². The van der Waals surface area contributed by atoms with Crippen LogP contribution in [-0.2, 0) is 15.6 Å². The second-order valence-corrected chi connectivity index (χ2v) is 7.10. The molecule has 1 N–H and O–H groups in total. The lowest BCUT2D eigenvalue weighted by atomic mass is 9.94. The Morgan fingerprint density at radius 2 is 1.60 bits per heavy atom. The van der Waals surface area contributed by atoms with E-state index in [0.717, 1.165) is 11.1 Å². The van der Waals surface area contributed by atoms with Gasteiger partial charge >= 0.3 is 0 Å². The molecular formula is C16H19NO2S. The molecule has 2 aromatic carbocycles. The summed E-state index contributed by atoms with van der Waals surface area (Å²) in [5, 5.41) is 0. The number of sulfonamides is 1. The van der Waals surface area contributed by atoms with E-state index in [1.807, 2.05) is 45.0 Å². The number of aryl methyl sites for hydroxylation is 1. The van der Waals surface area contributed by atoms with Gasteiger partial charge in [0, 0.05) is 0 Å². The van der Waals surface area contributed by atoms with Crippen molar-refractivity contribution in [2.75, 3.05) is 0 Å². The fourth-order valence-corrected chi connectivity index (χ4v) is 3.51. The predicted octanol–water partition coefficient (Wildman–Crippen LogP) is 3.21. The summed E-state index contributed by atoms with van der Waals surface area (Å²) >= 11 is 0. The SMILES string of the molecule is Cc1cccc(C(C)(C)NS(=O)(=O)c2ccccc2)c1. The second kappa shape index (κ2) is 5.38. The maximum Gasteiger partial charge on any atom is 0.241 e. The minimum Gasteiger partial charge on any atom is -0.207 e. The summed E-state index contributed by atoms with van der Waals surface area (Å²) in [6, 6.07) is 16.3. The molecule has 0 bridgehead atoms. The molecule has 0 aliphatic rings. The number of hydrogen-bond acceptors (Lipinski definition) is 2. The quantitative estimate of drug-likeness (QED) is 0.939. The largest absolute Gasteiger partial charge is 0.241 e. The highest BCUT2D eigenvalue weighted by Gasteiger charge is 2.27. The van der Waals surface area contributed by atoms with Gasteiger partial charge < -0.3 is 0 Å². The highest BCUT2D eigenvalue weighted by Crippen LogP contribution is 2.23. The number of benzene rings is 2. The Hall–Kier alpha value is -1.65. The molecule has 0 atom stereocenters. The molecule has 0 amide bonds. The Balaban J connectivity index is 2.33. The normalized spacial score (nSPS) is 12.3. The van der Waals surface area contributed by atoms with Crippen molar-refractivity contribution in [1.29, 1.82) is 0 Å². The summed E-state index contributed by atoms with van der Waals surface area (Å²) < 4.78 is 27.6. The highest BCUT2D eigenvalue weighted by atomic mass is 32.2. The molecule has 4 heteroatoms. The summed E-state index contributed by atoms with van der Waals surface area (Å²) in [6.07, 6.45) is 0. The number of hydrogen-bond donors (Lipinski definition) is 1. The van der Waals surface area contributed by atoms with Gasteiger partial charge in [0.15, 0.2) is 0 Å². The first-order valence-corrected chi connectivity index (χ1v) is 7.96. The van der Waals surface area contributed by atoms with E-state index in [4.69, 9.17) is 0 Å². The van der Waals surface area contributed by atoms with E-state index in [1.165, 1.54) is 0 Å². The second-order valence-electron chi connectivity index (χ2n) is 5.41. The van der Waals surface area contributed by atoms with Gasteiger partial charge in [0.1, 0.15) is 0 Å². The van der Waals surface area contributed by atoms with Crippen molar-refractivity contribution >= 4 is 10.0 Å². The monoisotopic (exact) mass is 289 g/mol. The molecule has 20 heavy (non-hydrogen) atoms. The Kier molecular flexibility index (Phi) is 3.97. The van der Waals surface area contributed by atoms with Crippen molar-refractivity contribution in [3.05, 3.63) is 65.7 Å². The maximum absolute atomic E-state index is 12.4. The Bertz CT molecular complexity index is 691. The lowest BCUT2D eigenvalue weighted by molar-refractivity contribution is 0.472. The van der Waals surface area contributed by atoms with Gasteiger partial charge in [-0.25, -0.2) is 13.1 Å².